The van der Waals surface area contributed by atoms with Gasteiger partial charge in [-0.05, 0) is 13.0 Å². The molecule has 2 rings (SSSR count). The number of aromatic nitrogens is 1. The summed E-state index contributed by atoms with van der Waals surface area (Å²) in [4.78, 5) is 4.16. The summed E-state index contributed by atoms with van der Waals surface area (Å²) in [6.45, 7) is 3.99. The minimum absolute atomic E-state index is 0.188. The molecule has 1 fully saturated rings. The Morgan fingerprint density at radius 1 is 1.39 bits per heavy atom. The molecule has 0 spiro atoms. The first-order valence-corrected chi connectivity index (χ1v) is 7.25. The van der Waals surface area contributed by atoms with E-state index in [-0.39, 0.29) is 4.90 Å². The maximum absolute atomic E-state index is 12.2. The number of rotatable bonds is 4. The second-order valence-electron chi connectivity index (χ2n) is 3.78. The molecule has 0 aliphatic carbocycles. The van der Waals surface area contributed by atoms with E-state index in [2.05, 4.69) is 4.98 Å². The lowest BCUT2D eigenvalue weighted by atomic mass is 10.5. The highest BCUT2D eigenvalue weighted by atomic mass is 32.2. The molecule has 0 N–H and O–H groups in total. The van der Waals surface area contributed by atoms with Crippen molar-refractivity contribution in [1.82, 2.24) is 9.29 Å². The quantitative estimate of drug-likeness (QED) is 0.798. The highest BCUT2D eigenvalue weighted by Gasteiger charge is 2.26. The molecule has 0 aromatic carbocycles. The highest BCUT2D eigenvalue weighted by Crippen LogP contribution is 2.18. The van der Waals surface area contributed by atoms with Crippen molar-refractivity contribution in [2.75, 3.05) is 32.9 Å². The minimum Gasteiger partial charge on any atom is -0.478 e. The molecule has 0 saturated carbocycles. The summed E-state index contributed by atoms with van der Waals surface area (Å²) in [7, 11) is -3.46. The fourth-order valence-corrected chi connectivity index (χ4v) is 3.04. The molecule has 0 unspecified atom stereocenters. The van der Waals surface area contributed by atoms with Crippen molar-refractivity contribution < 1.29 is 17.9 Å². The smallest absolute Gasteiger partial charge is 0.244 e. The summed E-state index contributed by atoms with van der Waals surface area (Å²) in [5, 5.41) is 0. The van der Waals surface area contributed by atoms with Crippen LogP contribution < -0.4 is 4.74 Å². The fraction of sp³-hybridized carbons (Fsp3) is 0.545. The topological polar surface area (TPSA) is 68.7 Å². The van der Waals surface area contributed by atoms with E-state index < -0.39 is 10.0 Å². The van der Waals surface area contributed by atoms with Gasteiger partial charge in [-0.25, -0.2) is 13.4 Å². The molecule has 1 aromatic heterocycles. The minimum atomic E-state index is -3.46. The molecule has 2 heterocycles. The summed E-state index contributed by atoms with van der Waals surface area (Å²) >= 11 is 0. The number of sulfonamides is 1. The van der Waals surface area contributed by atoms with Gasteiger partial charge >= 0.3 is 0 Å². The lowest BCUT2D eigenvalue weighted by Crippen LogP contribution is -2.40. The highest BCUT2D eigenvalue weighted by molar-refractivity contribution is 7.89. The van der Waals surface area contributed by atoms with E-state index in [1.54, 1.807) is 6.07 Å². The molecule has 1 aromatic rings. The molecule has 18 heavy (non-hydrogen) atoms. The Labute approximate surface area is 107 Å². The summed E-state index contributed by atoms with van der Waals surface area (Å²) in [6, 6.07) is 3.08. The van der Waals surface area contributed by atoms with Gasteiger partial charge in [0.15, 0.2) is 0 Å². The zero-order valence-corrected chi connectivity index (χ0v) is 11.0. The van der Waals surface area contributed by atoms with Crippen LogP contribution in [0.2, 0.25) is 0 Å². The maximum atomic E-state index is 12.2. The molecular weight excluding hydrogens is 256 g/mol. The van der Waals surface area contributed by atoms with Crippen molar-refractivity contribution in [2.24, 2.45) is 0 Å². The van der Waals surface area contributed by atoms with Gasteiger partial charge in [0.1, 0.15) is 4.90 Å². The van der Waals surface area contributed by atoms with E-state index in [0.717, 1.165) is 0 Å². The molecule has 1 aliphatic rings. The normalized spacial score (nSPS) is 17.6. The van der Waals surface area contributed by atoms with Gasteiger partial charge < -0.3 is 9.47 Å². The first kappa shape index (κ1) is 13.3. The van der Waals surface area contributed by atoms with Crippen LogP contribution in [-0.4, -0.2) is 50.6 Å². The Morgan fingerprint density at radius 3 is 2.67 bits per heavy atom. The van der Waals surface area contributed by atoms with Crippen molar-refractivity contribution >= 4 is 10.0 Å². The van der Waals surface area contributed by atoms with E-state index >= 15 is 0 Å². The number of hydrogen-bond acceptors (Lipinski definition) is 5. The van der Waals surface area contributed by atoms with E-state index in [4.69, 9.17) is 9.47 Å². The van der Waals surface area contributed by atoms with Crippen molar-refractivity contribution in [2.45, 2.75) is 11.8 Å². The van der Waals surface area contributed by atoms with Crippen molar-refractivity contribution in [1.29, 1.82) is 0 Å². The van der Waals surface area contributed by atoms with Crippen LogP contribution >= 0.6 is 0 Å². The molecular formula is C11H16N2O4S. The second kappa shape index (κ2) is 5.64. The molecule has 0 atom stereocenters. The molecule has 0 amide bonds. The maximum Gasteiger partial charge on any atom is 0.244 e. The third kappa shape index (κ3) is 2.80. The predicted octanol–water partition coefficient (Wildman–Crippen LogP) is 0.501. The lowest BCUT2D eigenvalue weighted by molar-refractivity contribution is 0.0730. The van der Waals surface area contributed by atoms with E-state index in [0.29, 0.717) is 38.8 Å². The van der Waals surface area contributed by atoms with Crippen molar-refractivity contribution in [3.05, 3.63) is 18.3 Å². The van der Waals surface area contributed by atoms with E-state index in [9.17, 15) is 8.42 Å². The van der Waals surface area contributed by atoms with Gasteiger partial charge in [0, 0.05) is 19.2 Å². The van der Waals surface area contributed by atoms with Crippen LogP contribution in [0.1, 0.15) is 6.92 Å². The summed E-state index contributed by atoms with van der Waals surface area (Å²) in [6.07, 6.45) is 1.33. The predicted molar refractivity (Wildman–Crippen MR) is 65.0 cm³/mol. The third-order valence-corrected chi connectivity index (χ3v) is 4.49. The number of nitrogens with zero attached hydrogens (tertiary/aromatic N) is 2. The van der Waals surface area contributed by atoms with E-state index in [1.807, 2.05) is 6.92 Å². The van der Waals surface area contributed by atoms with Gasteiger partial charge in [-0.3, -0.25) is 0 Å². The monoisotopic (exact) mass is 272 g/mol. The largest absolute Gasteiger partial charge is 0.478 e. The fourth-order valence-electron chi connectivity index (χ4n) is 1.69. The van der Waals surface area contributed by atoms with Crippen LogP contribution in [0, 0.1) is 0 Å². The van der Waals surface area contributed by atoms with Crippen molar-refractivity contribution in [3.8, 4) is 5.88 Å². The zero-order valence-electron chi connectivity index (χ0n) is 10.2. The average molecular weight is 272 g/mol. The number of morpholine rings is 1. The summed E-state index contributed by atoms with van der Waals surface area (Å²) in [5.41, 5.74) is 0. The Hall–Kier alpha value is -1.18. The first-order valence-electron chi connectivity index (χ1n) is 5.81. The molecule has 7 heteroatoms. The van der Waals surface area contributed by atoms with Crippen LogP contribution in [0.3, 0.4) is 0 Å². The average Bonchev–Trinajstić information content (AvgIpc) is 2.41. The van der Waals surface area contributed by atoms with Gasteiger partial charge in [0.25, 0.3) is 0 Å². The second-order valence-corrected chi connectivity index (χ2v) is 5.72. The Balaban J connectivity index is 2.18. The zero-order chi connectivity index (χ0) is 13.0. The van der Waals surface area contributed by atoms with Crippen LogP contribution in [0.5, 0.6) is 5.88 Å². The standard InChI is InChI=1S/C11H16N2O4S/c1-2-17-11-4-3-10(9-12-11)18(14,15)13-5-7-16-8-6-13/h3-4,9H,2,5-8H2,1H3. The van der Waals surface area contributed by atoms with Gasteiger partial charge in [0.05, 0.1) is 26.0 Å². The van der Waals surface area contributed by atoms with Crippen LogP contribution in [0.25, 0.3) is 0 Å². The Morgan fingerprint density at radius 2 is 2.11 bits per heavy atom. The van der Waals surface area contributed by atoms with Gasteiger partial charge in [0.2, 0.25) is 15.9 Å². The van der Waals surface area contributed by atoms with Gasteiger partial charge in [-0.2, -0.15) is 4.31 Å². The van der Waals surface area contributed by atoms with Gasteiger partial charge in [-0.1, -0.05) is 0 Å². The number of hydrogen-bond donors (Lipinski definition) is 0. The molecule has 1 aliphatic heterocycles. The third-order valence-electron chi connectivity index (χ3n) is 2.61. The SMILES string of the molecule is CCOc1ccc(S(=O)(=O)N2CCOCC2)cn1. The lowest BCUT2D eigenvalue weighted by Gasteiger charge is -2.25. The Kier molecular flexibility index (Phi) is 4.15. The van der Waals surface area contributed by atoms with Crippen LogP contribution in [-0.2, 0) is 14.8 Å². The summed E-state index contributed by atoms with van der Waals surface area (Å²) in [5.74, 6) is 0.429. The van der Waals surface area contributed by atoms with Crippen LogP contribution in [0.15, 0.2) is 23.2 Å². The number of pyridine rings is 1. The molecule has 1 saturated heterocycles. The molecule has 0 radical (unpaired) electrons. The molecule has 6 nitrogen and oxygen atoms in total. The van der Waals surface area contributed by atoms with Crippen LogP contribution in [0.4, 0.5) is 0 Å². The molecule has 0 bridgehead atoms. The molecule has 100 valence electrons. The van der Waals surface area contributed by atoms with Crippen molar-refractivity contribution in [3.63, 3.8) is 0 Å². The number of ether oxygens (including phenoxy) is 2. The van der Waals surface area contributed by atoms with Gasteiger partial charge in [-0.15, -0.1) is 0 Å². The first-order chi connectivity index (χ1) is 8.64. The summed E-state index contributed by atoms with van der Waals surface area (Å²) < 4.78 is 36.2. The van der Waals surface area contributed by atoms with E-state index in [1.165, 1.54) is 16.6 Å². The Bertz CT molecular complexity index is 480.